The summed E-state index contributed by atoms with van der Waals surface area (Å²) in [6.07, 6.45) is 4.91. The Bertz CT molecular complexity index is 825. The molecule has 1 N–H and O–H groups in total. The number of carbonyl (C=O) groups excluding carboxylic acids is 2. The number of methoxy groups -OCH3 is 1. The molecule has 1 aromatic heterocycles. The van der Waals surface area contributed by atoms with E-state index in [0.29, 0.717) is 16.6 Å². The molecule has 1 heterocycles. The number of hydrogen-bond acceptors (Lipinski definition) is 5. The molecule has 0 aliphatic heterocycles. The molecule has 1 saturated carbocycles. The molecule has 1 fully saturated rings. The molecule has 0 radical (unpaired) electrons. The number of aromatic nitrogens is 2. The number of anilines is 1. The Morgan fingerprint density at radius 2 is 2.00 bits per heavy atom. The molecule has 0 atom stereocenters. The van der Waals surface area contributed by atoms with Crippen LogP contribution >= 0.6 is 11.8 Å². The van der Waals surface area contributed by atoms with E-state index in [4.69, 9.17) is 4.74 Å². The number of aryl methyl sites for hydroxylation is 2. The molecule has 0 bridgehead atoms. The molecule has 0 spiro atoms. The quantitative estimate of drug-likeness (QED) is 0.807. The highest BCUT2D eigenvalue weighted by Gasteiger charge is 2.21. The average Bonchev–Trinajstić information content (AvgIpc) is 3.25. The number of carbonyl (C=O) groups is 2. The van der Waals surface area contributed by atoms with Gasteiger partial charge in [0, 0.05) is 23.3 Å². The summed E-state index contributed by atoms with van der Waals surface area (Å²) < 4.78 is 6.11. The van der Waals surface area contributed by atoms with Crippen molar-refractivity contribution in [3.8, 4) is 0 Å². The van der Waals surface area contributed by atoms with Crippen molar-refractivity contribution in [3.05, 3.63) is 41.1 Å². The number of esters is 1. The third-order valence-corrected chi connectivity index (χ3v) is 5.91. The molecule has 1 aliphatic rings. The van der Waals surface area contributed by atoms with Gasteiger partial charge in [0.25, 0.3) is 5.91 Å². The zero-order valence-corrected chi connectivity index (χ0v) is 16.1. The van der Waals surface area contributed by atoms with Crippen molar-refractivity contribution < 1.29 is 14.3 Å². The third-order valence-electron chi connectivity index (χ3n) is 4.49. The van der Waals surface area contributed by atoms with Crippen LogP contribution in [-0.2, 0) is 11.8 Å². The Balaban J connectivity index is 1.81. The van der Waals surface area contributed by atoms with Crippen molar-refractivity contribution in [2.75, 3.05) is 12.4 Å². The van der Waals surface area contributed by atoms with E-state index in [2.05, 4.69) is 10.4 Å². The maximum atomic E-state index is 12.8. The zero-order chi connectivity index (χ0) is 18.7. The fraction of sp³-hybridized carbons (Fsp3) is 0.421. The fourth-order valence-electron chi connectivity index (χ4n) is 3.12. The standard InChI is InChI=1S/C19H23N3O3S/c1-12-8-9-16(26-13-6-4-5-7-13)14(10-12)18(23)20-17-11-15(19(24)25-3)22(2)21-17/h8-11,13H,4-7H2,1-3H3,(H,20,21,23). The summed E-state index contributed by atoms with van der Waals surface area (Å²) >= 11 is 1.78. The van der Waals surface area contributed by atoms with Crippen LogP contribution in [0.3, 0.4) is 0 Å². The summed E-state index contributed by atoms with van der Waals surface area (Å²) in [7, 11) is 2.95. The monoisotopic (exact) mass is 373 g/mol. The summed E-state index contributed by atoms with van der Waals surface area (Å²) in [5.74, 6) is -0.381. The first-order valence-corrected chi connectivity index (χ1v) is 9.57. The van der Waals surface area contributed by atoms with Crippen molar-refractivity contribution in [1.29, 1.82) is 0 Å². The third kappa shape index (κ3) is 4.09. The molecule has 1 aromatic carbocycles. The maximum Gasteiger partial charge on any atom is 0.356 e. The number of amides is 1. The largest absolute Gasteiger partial charge is 0.464 e. The van der Waals surface area contributed by atoms with Crippen molar-refractivity contribution in [2.24, 2.45) is 7.05 Å². The van der Waals surface area contributed by atoms with Gasteiger partial charge < -0.3 is 10.1 Å². The van der Waals surface area contributed by atoms with Crippen LogP contribution in [0.15, 0.2) is 29.2 Å². The summed E-state index contributed by atoms with van der Waals surface area (Å²) in [4.78, 5) is 25.5. The predicted molar refractivity (Wildman–Crippen MR) is 102 cm³/mol. The predicted octanol–water partition coefficient (Wildman–Crippen LogP) is 3.80. The number of ether oxygens (including phenoxy) is 1. The molecule has 7 heteroatoms. The number of hydrogen-bond donors (Lipinski definition) is 1. The van der Waals surface area contributed by atoms with Gasteiger partial charge in [-0.15, -0.1) is 11.8 Å². The van der Waals surface area contributed by atoms with E-state index < -0.39 is 5.97 Å². The first-order valence-electron chi connectivity index (χ1n) is 8.69. The Morgan fingerprint density at radius 1 is 1.27 bits per heavy atom. The van der Waals surface area contributed by atoms with Gasteiger partial charge >= 0.3 is 5.97 Å². The van der Waals surface area contributed by atoms with Crippen molar-refractivity contribution in [2.45, 2.75) is 42.8 Å². The Morgan fingerprint density at radius 3 is 2.69 bits per heavy atom. The van der Waals surface area contributed by atoms with Gasteiger partial charge in [-0.1, -0.05) is 24.5 Å². The van der Waals surface area contributed by atoms with Crippen LogP contribution in [0.25, 0.3) is 0 Å². The molecule has 0 saturated heterocycles. The van der Waals surface area contributed by atoms with Crippen molar-refractivity contribution in [3.63, 3.8) is 0 Å². The van der Waals surface area contributed by atoms with E-state index in [1.165, 1.54) is 43.5 Å². The van der Waals surface area contributed by atoms with Crippen LogP contribution in [0.5, 0.6) is 0 Å². The first kappa shape index (κ1) is 18.5. The van der Waals surface area contributed by atoms with Crippen LogP contribution in [0, 0.1) is 6.92 Å². The van der Waals surface area contributed by atoms with E-state index in [1.807, 2.05) is 25.1 Å². The zero-order valence-electron chi connectivity index (χ0n) is 15.2. The minimum atomic E-state index is -0.492. The molecule has 3 rings (SSSR count). The van der Waals surface area contributed by atoms with Gasteiger partial charge in [-0.2, -0.15) is 5.10 Å². The van der Waals surface area contributed by atoms with E-state index in [1.54, 1.807) is 18.8 Å². The highest BCUT2D eigenvalue weighted by atomic mass is 32.2. The second kappa shape index (κ2) is 7.95. The maximum absolute atomic E-state index is 12.8. The molecule has 0 unspecified atom stereocenters. The van der Waals surface area contributed by atoms with Crippen LogP contribution < -0.4 is 5.32 Å². The van der Waals surface area contributed by atoms with Crippen LogP contribution in [0.2, 0.25) is 0 Å². The van der Waals surface area contributed by atoms with Gasteiger partial charge in [0.2, 0.25) is 0 Å². The lowest BCUT2D eigenvalue weighted by Crippen LogP contribution is -2.14. The number of nitrogens with zero attached hydrogens (tertiary/aromatic N) is 2. The Hall–Kier alpha value is -2.28. The SMILES string of the molecule is COC(=O)c1cc(NC(=O)c2cc(C)ccc2SC2CCCC2)nn1C. The number of rotatable bonds is 5. The van der Waals surface area contributed by atoms with Gasteiger partial charge in [0.1, 0.15) is 5.69 Å². The molecule has 138 valence electrons. The molecule has 1 amide bonds. The Kier molecular flexibility index (Phi) is 5.66. The Labute approximate surface area is 157 Å². The summed E-state index contributed by atoms with van der Waals surface area (Å²) in [5.41, 5.74) is 1.96. The lowest BCUT2D eigenvalue weighted by atomic mass is 10.1. The molecule has 2 aromatic rings. The van der Waals surface area contributed by atoms with Crippen molar-refractivity contribution in [1.82, 2.24) is 9.78 Å². The van der Waals surface area contributed by atoms with Gasteiger partial charge in [0.05, 0.1) is 12.7 Å². The van der Waals surface area contributed by atoms with Gasteiger partial charge in [-0.05, 0) is 31.9 Å². The van der Waals surface area contributed by atoms with Crippen LogP contribution in [0.1, 0.15) is 52.1 Å². The average molecular weight is 373 g/mol. The van der Waals surface area contributed by atoms with Gasteiger partial charge in [0.15, 0.2) is 5.82 Å². The lowest BCUT2D eigenvalue weighted by molar-refractivity contribution is 0.0588. The van der Waals surface area contributed by atoms with Gasteiger partial charge in [-0.25, -0.2) is 4.79 Å². The van der Waals surface area contributed by atoms with Crippen molar-refractivity contribution >= 4 is 29.5 Å². The number of nitrogens with one attached hydrogen (secondary N) is 1. The topological polar surface area (TPSA) is 73.2 Å². The summed E-state index contributed by atoms with van der Waals surface area (Å²) in [5, 5.41) is 7.55. The minimum absolute atomic E-state index is 0.219. The highest BCUT2D eigenvalue weighted by Crippen LogP contribution is 2.36. The summed E-state index contributed by atoms with van der Waals surface area (Å²) in [6.45, 7) is 1.97. The molecule has 1 aliphatic carbocycles. The second-order valence-electron chi connectivity index (χ2n) is 6.51. The minimum Gasteiger partial charge on any atom is -0.464 e. The molecule has 26 heavy (non-hydrogen) atoms. The second-order valence-corrected chi connectivity index (χ2v) is 7.85. The molecular weight excluding hydrogens is 350 g/mol. The van der Waals surface area contributed by atoms with E-state index in [9.17, 15) is 9.59 Å². The highest BCUT2D eigenvalue weighted by molar-refractivity contribution is 8.00. The molecule has 6 nitrogen and oxygen atoms in total. The lowest BCUT2D eigenvalue weighted by Gasteiger charge is -2.13. The number of benzene rings is 1. The smallest absolute Gasteiger partial charge is 0.356 e. The normalized spacial score (nSPS) is 14.4. The number of thioether (sulfide) groups is 1. The van der Waals surface area contributed by atoms with E-state index >= 15 is 0 Å². The van der Waals surface area contributed by atoms with E-state index in [0.717, 1.165) is 10.5 Å². The fourth-order valence-corrected chi connectivity index (χ4v) is 4.47. The first-order chi connectivity index (χ1) is 12.5. The summed E-state index contributed by atoms with van der Waals surface area (Å²) in [6, 6.07) is 7.47. The van der Waals surface area contributed by atoms with Crippen LogP contribution in [-0.4, -0.2) is 34.0 Å². The van der Waals surface area contributed by atoms with Crippen LogP contribution in [0.4, 0.5) is 5.82 Å². The van der Waals surface area contributed by atoms with Gasteiger partial charge in [-0.3, -0.25) is 9.48 Å². The molecular formula is C19H23N3O3S. The van der Waals surface area contributed by atoms with E-state index in [-0.39, 0.29) is 11.6 Å².